The number of carbonyl (C=O) groups excluding carboxylic acids is 1. The van der Waals surface area contributed by atoms with Crippen LogP contribution in [0.25, 0.3) is 6.08 Å². The van der Waals surface area contributed by atoms with Crippen molar-refractivity contribution in [3.63, 3.8) is 0 Å². The van der Waals surface area contributed by atoms with Gasteiger partial charge >= 0.3 is 5.97 Å². The number of phenols is 2. The fraction of sp³-hybridized carbons (Fsp3) is 0.214. The first-order valence-corrected chi connectivity index (χ1v) is 6.43. The van der Waals surface area contributed by atoms with Gasteiger partial charge in [0, 0.05) is 6.08 Å². The average molecular weight is 306 g/mol. The molecule has 0 radical (unpaired) electrons. The molecule has 0 aliphatic heterocycles. The van der Waals surface area contributed by atoms with E-state index in [0.29, 0.717) is 18.1 Å². The number of nitrogens with two attached hydrogens (primary N) is 1. The predicted octanol–water partition coefficient (Wildman–Crippen LogP) is 1.37. The van der Waals surface area contributed by atoms with Crippen molar-refractivity contribution >= 4 is 18.0 Å². The molecule has 2 aromatic rings. The molecule has 1 heterocycles. The van der Waals surface area contributed by atoms with Crippen molar-refractivity contribution in [2.24, 2.45) is 0 Å². The van der Waals surface area contributed by atoms with Gasteiger partial charge in [0.2, 0.25) is 5.95 Å². The van der Waals surface area contributed by atoms with Crippen LogP contribution in [0.5, 0.6) is 11.5 Å². The summed E-state index contributed by atoms with van der Waals surface area (Å²) in [5, 5.41) is 24.3. The molecule has 0 fully saturated rings. The van der Waals surface area contributed by atoms with Gasteiger partial charge in [0.25, 0.3) is 0 Å². The molecule has 22 heavy (non-hydrogen) atoms. The number of carbonyl (C=O) groups is 1. The van der Waals surface area contributed by atoms with Crippen molar-refractivity contribution in [3.8, 4) is 11.5 Å². The first-order valence-electron chi connectivity index (χ1n) is 6.43. The highest BCUT2D eigenvalue weighted by Gasteiger charge is 1.99. The predicted molar refractivity (Wildman–Crippen MR) is 81.0 cm³/mol. The summed E-state index contributed by atoms with van der Waals surface area (Å²) in [7, 11) is 0. The summed E-state index contributed by atoms with van der Waals surface area (Å²) in [5.74, 6) is 0.198. The molecule has 1 aromatic carbocycles. The molecular formula is C14H18N4O4. The zero-order valence-electron chi connectivity index (χ0n) is 12.3. The van der Waals surface area contributed by atoms with E-state index in [-0.39, 0.29) is 11.5 Å². The van der Waals surface area contributed by atoms with E-state index in [2.05, 4.69) is 19.9 Å². The Labute approximate surface area is 127 Å². The topological polar surface area (TPSA) is 134 Å². The van der Waals surface area contributed by atoms with Gasteiger partial charge in [0.15, 0.2) is 11.5 Å². The Morgan fingerprint density at radius 1 is 1.41 bits per heavy atom. The number of hydrogen-bond acceptors (Lipinski definition) is 7. The van der Waals surface area contributed by atoms with E-state index >= 15 is 0 Å². The lowest BCUT2D eigenvalue weighted by Gasteiger charge is -1.98. The molecule has 0 saturated carbocycles. The molecule has 0 amide bonds. The van der Waals surface area contributed by atoms with Crippen molar-refractivity contribution < 1.29 is 19.7 Å². The van der Waals surface area contributed by atoms with Gasteiger partial charge < -0.3 is 20.7 Å². The van der Waals surface area contributed by atoms with Crippen LogP contribution in [-0.2, 0) is 9.53 Å². The number of ether oxygens (including phenoxy) is 1. The normalized spacial score (nSPS) is 10.1. The van der Waals surface area contributed by atoms with E-state index in [1.807, 2.05) is 0 Å². The second kappa shape index (κ2) is 8.30. The molecule has 118 valence electrons. The number of esters is 1. The van der Waals surface area contributed by atoms with E-state index in [1.54, 1.807) is 19.9 Å². The lowest BCUT2D eigenvalue weighted by Crippen LogP contribution is -1.98. The third kappa shape index (κ3) is 5.95. The second-order valence-electron chi connectivity index (χ2n) is 4.11. The smallest absolute Gasteiger partial charge is 0.330 e. The molecule has 8 heteroatoms. The van der Waals surface area contributed by atoms with E-state index in [0.717, 1.165) is 5.82 Å². The summed E-state index contributed by atoms with van der Waals surface area (Å²) in [6, 6.07) is 4.27. The lowest BCUT2D eigenvalue weighted by molar-refractivity contribution is -0.137. The highest BCUT2D eigenvalue weighted by molar-refractivity contribution is 5.87. The molecular weight excluding hydrogens is 288 g/mol. The summed E-state index contributed by atoms with van der Waals surface area (Å²) in [5.41, 5.74) is 5.73. The standard InChI is InChI=1S/C11H12O4.C3H6N4/c1-2-15-11(14)6-4-8-3-5-9(12)10(13)7-8;1-2-5-3(4)7-6-2/h3-7,12-13H,2H2,1H3;1H3,(H3,4,5,6,7)/b6-4+;. The number of H-pyrrole nitrogens is 1. The number of aromatic amines is 1. The van der Waals surface area contributed by atoms with Gasteiger partial charge in [-0.25, -0.2) is 4.79 Å². The fourth-order valence-electron chi connectivity index (χ4n) is 1.36. The van der Waals surface area contributed by atoms with Crippen LogP contribution in [0.2, 0.25) is 0 Å². The molecule has 2 rings (SSSR count). The minimum atomic E-state index is -0.440. The maximum Gasteiger partial charge on any atom is 0.330 e. The lowest BCUT2D eigenvalue weighted by atomic mass is 10.2. The van der Waals surface area contributed by atoms with Crippen LogP contribution in [0.1, 0.15) is 18.3 Å². The van der Waals surface area contributed by atoms with E-state index in [4.69, 9.17) is 15.9 Å². The number of aromatic nitrogens is 3. The maximum atomic E-state index is 10.9. The molecule has 0 aliphatic carbocycles. The van der Waals surface area contributed by atoms with Gasteiger partial charge in [0.05, 0.1) is 6.61 Å². The Morgan fingerprint density at radius 2 is 2.14 bits per heavy atom. The van der Waals surface area contributed by atoms with Crippen LogP contribution in [0.3, 0.4) is 0 Å². The zero-order valence-corrected chi connectivity index (χ0v) is 12.3. The molecule has 0 unspecified atom stereocenters. The SMILES string of the molecule is CCOC(=O)/C=C/c1ccc(O)c(O)c1.Cc1nc(N)n[nH]1. The van der Waals surface area contributed by atoms with Gasteiger partial charge in [-0.3, -0.25) is 5.10 Å². The van der Waals surface area contributed by atoms with Crippen LogP contribution in [0.4, 0.5) is 5.95 Å². The Balaban J connectivity index is 0.000000287. The van der Waals surface area contributed by atoms with E-state index in [9.17, 15) is 4.79 Å². The molecule has 8 nitrogen and oxygen atoms in total. The van der Waals surface area contributed by atoms with Crippen molar-refractivity contribution in [1.29, 1.82) is 0 Å². The van der Waals surface area contributed by atoms with Gasteiger partial charge in [0.1, 0.15) is 5.82 Å². The monoisotopic (exact) mass is 306 g/mol. The number of phenolic OH excluding ortho intramolecular Hbond substituents is 2. The summed E-state index contributed by atoms with van der Waals surface area (Å²) >= 11 is 0. The molecule has 0 spiro atoms. The number of anilines is 1. The highest BCUT2D eigenvalue weighted by Crippen LogP contribution is 2.25. The Kier molecular flexibility index (Phi) is 6.42. The fourth-order valence-corrected chi connectivity index (χ4v) is 1.36. The van der Waals surface area contributed by atoms with Crippen LogP contribution < -0.4 is 5.73 Å². The number of nitrogen functional groups attached to an aromatic ring is 1. The molecule has 1 aromatic heterocycles. The van der Waals surface area contributed by atoms with Gasteiger partial charge in [-0.05, 0) is 37.6 Å². The Morgan fingerprint density at radius 3 is 2.59 bits per heavy atom. The van der Waals surface area contributed by atoms with Gasteiger partial charge in [-0.1, -0.05) is 6.07 Å². The minimum absolute atomic E-state index is 0.191. The Bertz CT molecular complexity index is 636. The summed E-state index contributed by atoms with van der Waals surface area (Å²) < 4.78 is 4.68. The average Bonchev–Trinajstić information content (AvgIpc) is 2.85. The van der Waals surface area contributed by atoms with Crippen LogP contribution in [0, 0.1) is 6.92 Å². The number of nitrogens with zero attached hydrogens (tertiary/aromatic N) is 2. The van der Waals surface area contributed by atoms with Crippen LogP contribution >= 0.6 is 0 Å². The summed E-state index contributed by atoms with van der Waals surface area (Å²) in [6.07, 6.45) is 2.76. The zero-order chi connectivity index (χ0) is 16.5. The number of aromatic hydroxyl groups is 2. The van der Waals surface area contributed by atoms with Crippen molar-refractivity contribution in [2.45, 2.75) is 13.8 Å². The number of hydrogen-bond donors (Lipinski definition) is 4. The third-order valence-corrected chi connectivity index (χ3v) is 2.31. The molecule has 0 aliphatic rings. The van der Waals surface area contributed by atoms with E-state index in [1.165, 1.54) is 24.3 Å². The third-order valence-electron chi connectivity index (χ3n) is 2.31. The maximum absolute atomic E-state index is 10.9. The number of rotatable bonds is 3. The second-order valence-corrected chi connectivity index (χ2v) is 4.11. The molecule has 0 saturated heterocycles. The molecule has 5 N–H and O–H groups in total. The number of nitrogens with one attached hydrogen (secondary N) is 1. The van der Waals surface area contributed by atoms with Crippen molar-refractivity contribution in [2.75, 3.05) is 12.3 Å². The van der Waals surface area contributed by atoms with Crippen molar-refractivity contribution in [3.05, 3.63) is 35.7 Å². The number of benzene rings is 1. The Hall–Kier alpha value is -3.03. The highest BCUT2D eigenvalue weighted by atomic mass is 16.5. The summed E-state index contributed by atoms with van der Waals surface area (Å²) in [4.78, 5) is 14.7. The molecule has 0 bridgehead atoms. The largest absolute Gasteiger partial charge is 0.504 e. The molecule has 0 atom stereocenters. The summed E-state index contributed by atoms with van der Waals surface area (Å²) in [6.45, 7) is 3.84. The van der Waals surface area contributed by atoms with E-state index < -0.39 is 5.97 Å². The van der Waals surface area contributed by atoms with Gasteiger partial charge in [-0.15, -0.1) is 5.10 Å². The van der Waals surface area contributed by atoms with Crippen LogP contribution in [-0.4, -0.2) is 38.0 Å². The quantitative estimate of drug-likeness (QED) is 0.382. The first-order chi connectivity index (χ1) is 10.4. The van der Waals surface area contributed by atoms with Gasteiger partial charge in [-0.2, -0.15) is 4.98 Å². The minimum Gasteiger partial charge on any atom is -0.504 e. The number of aryl methyl sites for hydroxylation is 1. The van der Waals surface area contributed by atoms with Crippen LogP contribution in [0.15, 0.2) is 24.3 Å². The first kappa shape index (κ1) is 17.0. The van der Waals surface area contributed by atoms with Crippen molar-refractivity contribution in [1.82, 2.24) is 15.2 Å².